The van der Waals surface area contributed by atoms with E-state index in [1.807, 2.05) is 0 Å². The molecule has 0 atom stereocenters. The minimum absolute atomic E-state index is 0.480. The van der Waals surface area contributed by atoms with Crippen LogP contribution in [0.15, 0.2) is 0 Å². The maximum atomic E-state index is 11.5. The standard InChI is InChI=1S/C25H50O3.C21H42O3/c1-3-5-7-9-11-13-15-17-19-21-23-27-25(26)28-24-22-20-18-16-14-12-10-8-6-4-2;1-3-5-7-9-11-13-15-17-19-23-21(22)24-20-18-16-14-12-10-8-6-4-2/h3-24H2,1-2H3;3-20H2,1-2H3. The van der Waals surface area contributed by atoms with Crippen molar-refractivity contribution in [3.05, 3.63) is 0 Å². The zero-order valence-corrected chi connectivity index (χ0v) is 35.7. The minimum atomic E-state index is -0.485. The Kier molecular flexibility index (Phi) is 50.2. The zero-order valence-electron chi connectivity index (χ0n) is 35.7. The van der Waals surface area contributed by atoms with Gasteiger partial charge in [0.25, 0.3) is 0 Å². The molecule has 0 spiro atoms. The van der Waals surface area contributed by atoms with E-state index >= 15 is 0 Å². The second-order valence-corrected chi connectivity index (χ2v) is 15.2. The quantitative estimate of drug-likeness (QED) is 0.0460. The van der Waals surface area contributed by atoms with Gasteiger partial charge in [-0.25, -0.2) is 9.59 Å². The largest absolute Gasteiger partial charge is 0.508 e. The smallest absolute Gasteiger partial charge is 0.434 e. The normalized spacial score (nSPS) is 10.8. The second kappa shape index (κ2) is 49.5. The molecule has 0 radical (unpaired) electrons. The molecule has 52 heavy (non-hydrogen) atoms. The first kappa shape index (κ1) is 52.6. The van der Waals surface area contributed by atoms with Gasteiger partial charge in [0.15, 0.2) is 0 Å². The highest BCUT2D eigenvalue weighted by Crippen LogP contribution is 2.13. The third-order valence-corrected chi connectivity index (χ3v) is 9.87. The van der Waals surface area contributed by atoms with E-state index < -0.39 is 12.3 Å². The minimum Gasteiger partial charge on any atom is -0.434 e. The summed E-state index contributed by atoms with van der Waals surface area (Å²) in [7, 11) is 0. The molecular formula is C46H92O6. The monoisotopic (exact) mass is 741 g/mol. The maximum Gasteiger partial charge on any atom is 0.508 e. The number of hydrogen-bond acceptors (Lipinski definition) is 6. The van der Waals surface area contributed by atoms with E-state index in [9.17, 15) is 9.59 Å². The molecule has 0 aromatic rings. The average molecular weight is 741 g/mol. The Hall–Kier alpha value is -1.46. The van der Waals surface area contributed by atoms with E-state index in [0.29, 0.717) is 26.4 Å². The predicted octanol–water partition coefficient (Wildman–Crippen LogP) is 16.4. The second-order valence-electron chi connectivity index (χ2n) is 15.2. The molecule has 0 aliphatic carbocycles. The van der Waals surface area contributed by atoms with Gasteiger partial charge in [-0.05, 0) is 25.7 Å². The van der Waals surface area contributed by atoms with E-state index in [1.165, 1.54) is 180 Å². The first-order chi connectivity index (χ1) is 25.6. The van der Waals surface area contributed by atoms with E-state index in [2.05, 4.69) is 27.7 Å². The Morgan fingerprint density at radius 1 is 0.231 bits per heavy atom. The number of hydrogen-bond donors (Lipinski definition) is 0. The van der Waals surface area contributed by atoms with Crippen molar-refractivity contribution in [2.45, 2.75) is 259 Å². The van der Waals surface area contributed by atoms with Gasteiger partial charge >= 0.3 is 12.3 Å². The molecule has 0 amide bonds. The third-order valence-electron chi connectivity index (χ3n) is 9.87. The summed E-state index contributed by atoms with van der Waals surface area (Å²) < 4.78 is 20.5. The van der Waals surface area contributed by atoms with Crippen molar-refractivity contribution in [3.8, 4) is 0 Å². The summed E-state index contributed by atoms with van der Waals surface area (Å²) >= 11 is 0. The molecule has 0 aliphatic rings. The molecule has 0 saturated carbocycles. The molecule has 0 saturated heterocycles. The number of rotatable bonds is 40. The van der Waals surface area contributed by atoms with Crippen LogP contribution in [-0.2, 0) is 18.9 Å². The predicted molar refractivity (Wildman–Crippen MR) is 224 cm³/mol. The lowest BCUT2D eigenvalue weighted by molar-refractivity contribution is 0.0519. The van der Waals surface area contributed by atoms with Gasteiger partial charge in [0.2, 0.25) is 0 Å². The highest BCUT2D eigenvalue weighted by molar-refractivity contribution is 5.60. The van der Waals surface area contributed by atoms with Gasteiger partial charge in [-0.15, -0.1) is 0 Å². The maximum absolute atomic E-state index is 11.5. The van der Waals surface area contributed by atoms with Crippen molar-refractivity contribution >= 4 is 12.3 Å². The highest BCUT2D eigenvalue weighted by Gasteiger charge is 2.04. The first-order valence-electron chi connectivity index (χ1n) is 23.2. The van der Waals surface area contributed by atoms with Gasteiger partial charge in [0, 0.05) is 0 Å². The van der Waals surface area contributed by atoms with Crippen LogP contribution in [0.4, 0.5) is 9.59 Å². The summed E-state index contributed by atoms with van der Waals surface area (Å²) in [5, 5.41) is 0. The molecule has 312 valence electrons. The van der Waals surface area contributed by atoms with Gasteiger partial charge < -0.3 is 18.9 Å². The topological polar surface area (TPSA) is 71.1 Å². The molecule has 0 aromatic heterocycles. The van der Waals surface area contributed by atoms with Gasteiger partial charge in [0.05, 0.1) is 26.4 Å². The fraction of sp³-hybridized carbons (Fsp3) is 0.957. The molecule has 0 rings (SSSR count). The fourth-order valence-corrected chi connectivity index (χ4v) is 6.36. The van der Waals surface area contributed by atoms with Gasteiger partial charge in [-0.3, -0.25) is 0 Å². The van der Waals surface area contributed by atoms with Crippen LogP contribution in [0.3, 0.4) is 0 Å². The Morgan fingerprint density at radius 3 is 0.519 bits per heavy atom. The van der Waals surface area contributed by atoms with Crippen LogP contribution in [0.2, 0.25) is 0 Å². The van der Waals surface area contributed by atoms with Crippen LogP contribution in [0.5, 0.6) is 0 Å². The lowest BCUT2D eigenvalue weighted by Crippen LogP contribution is -2.09. The van der Waals surface area contributed by atoms with Crippen LogP contribution in [0.25, 0.3) is 0 Å². The summed E-state index contributed by atoms with van der Waals surface area (Å²) in [5.41, 5.74) is 0. The molecule has 0 aliphatic heterocycles. The van der Waals surface area contributed by atoms with Crippen molar-refractivity contribution in [2.75, 3.05) is 26.4 Å². The molecule has 0 bridgehead atoms. The van der Waals surface area contributed by atoms with Gasteiger partial charge in [0.1, 0.15) is 0 Å². The van der Waals surface area contributed by atoms with E-state index in [1.54, 1.807) is 0 Å². The van der Waals surface area contributed by atoms with Crippen LogP contribution >= 0.6 is 0 Å². The number of carbonyl (C=O) groups is 2. The Morgan fingerprint density at radius 2 is 0.365 bits per heavy atom. The average Bonchev–Trinajstić information content (AvgIpc) is 3.15. The van der Waals surface area contributed by atoms with Crippen LogP contribution in [-0.4, -0.2) is 38.7 Å². The van der Waals surface area contributed by atoms with Gasteiger partial charge in [-0.1, -0.05) is 233 Å². The Balaban J connectivity index is 0. The summed E-state index contributed by atoms with van der Waals surface area (Å²) in [4.78, 5) is 22.9. The Labute approximate surface area is 325 Å². The molecular weight excluding hydrogens is 649 g/mol. The van der Waals surface area contributed by atoms with Crippen molar-refractivity contribution in [1.82, 2.24) is 0 Å². The van der Waals surface area contributed by atoms with E-state index in [4.69, 9.17) is 18.9 Å². The Bertz CT molecular complexity index is 617. The van der Waals surface area contributed by atoms with Gasteiger partial charge in [-0.2, -0.15) is 0 Å². The van der Waals surface area contributed by atoms with E-state index in [0.717, 1.165) is 51.4 Å². The molecule has 6 nitrogen and oxygen atoms in total. The van der Waals surface area contributed by atoms with Crippen molar-refractivity contribution < 1.29 is 28.5 Å². The summed E-state index contributed by atoms with van der Waals surface area (Å²) in [6.07, 6.45) is 44.9. The van der Waals surface area contributed by atoms with Crippen LogP contribution in [0.1, 0.15) is 259 Å². The van der Waals surface area contributed by atoms with Crippen molar-refractivity contribution in [3.63, 3.8) is 0 Å². The summed E-state index contributed by atoms with van der Waals surface area (Å²) in [6.45, 7) is 11.0. The fourth-order valence-electron chi connectivity index (χ4n) is 6.36. The number of ether oxygens (including phenoxy) is 4. The third kappa shape index (κ3) is 50.6. The molecule has 0 aromatic carbocycles. The molecule has 0 fully saturated rings. The molecule has 6 heteroatoms. The SMILES string of the molecule is CCCCCCCCCCCCOC(=O)OCCCCCCCCCCCC.CCCCCCCCCCOC(=O)OCCCCCCCCCC. The van der Waals surface area contributed by atoms with Crippen LogP contribution < -0.4 is 0 Å². The zero-order chi connectivity index (χ0) is 38.3. The molecule has 0 heterocycles. The van der Waals surface area contributed by atoms with Crippen molar-refractivity contribution in [1.29, 1.82) is 0 Å². The number of carbonyl (C=O) groups excluding carboxylic acids is 2. The molecule has 0 unspecified atom stereocenters. The van der Waals surface area contributed by atoms with E-state index in [-0.39, 0.29) is 0 Å². The first-order valence-corrected chi connectivity index (χ1v) is 23.2. The summed E-state index contributed by atoms with van der Waals surface area (Å²) in [5.74, 6) is 0. The number of unbranched alkanes of at least 4 members (excludes halogenated alkanes) is 32. The van der Waals surface area contributed by atoms with Crippen molar-refractivity contribution in [2.24, 2.45) is 0 Å². The lowest BCUT2D eigenvalue weighted by atomic mass is 10.1. The van der Waals surface area contributed by atoms with Crippen LogP contribution in [0, 0.1) is 0 Å². The summed E-state index contributed by atoms with van der Waals surface area (Å²) in [6, 6.07) is 0. The lowest BCUT2D eigenvalue weighted by Gasteiger charge is -2.06. The molecule has 0 N–H and O–H groups in total. The highest BCUT2D eigenvalue weighted by atomic mass is 16.7.